The van der Waals surface area contributed by atoms with Crippen molar-refractivity contribution in [2.45, 2.75) is 18.5 Å². The minimum Gasteiger partial charge on any atom is -0.416 e. The fraction of sp³-hybridized carbons (Fsp3) is 0.600. The maximum atomic E-state index is 11.8. The van der Waals surface area contributed by atoms with Crippen LogP contribution in [0.1, 0.15) is 24.1 Å². The Hall–Kier alpha value is -0.780. The van der Waals surface area contributed by atoms with Gasteiger partial charge in [0.2, 0.25) is 5.89 Å². The van der Waals surface area contributed by atoms with Gasteiger partial charge >= 0.3 is 12.1 Å². The monoisotopic (exact) mass is 200 g/mol. The molecule has 0 amide bonds. The Morgan fingerprint density at radius 1 is 1.42 bits per heavy atom. The lowest BCUT2D eigenvalue weighted by atomic mass is 10.5. The van der Waals surface area contributed by atoms with Crippen LogP contribution >= 0.6 is 11.6 Å². The summed E-state index contributed by atoms with van der Waals surface area (Å²) in [4.78, 5) is 0. The highest BCUT2D eigenvalue weighted by Gasteiger charge is 2.38. The quantitative estimate of drug-likeness (QED) is 0.654. The molecule has 0 fully saturated rings. The molecule has 0 aliphatic heterocycles. The predicted octanol–water partition coefficient (Wildman–Crippen LogP) is 2.39. The first-order valence-corrected chi connectivity index (χ1v) is 3.39. The molecule has 0 saturated heterocycles. The molecule has 0 aliphatic carbocycles. The molecule has 0 aliphatic rings. The minimum atomic E-state index is -4.60. The van der Waals surface area contributed by atoms with Crippen LogP contribution in [0, 0.1) is 0 Å². The van der Waals surface area contributed by atoms with Crippen LogP contribution < -0.4 is 0 Å². The predicted molar refractivity (Wildman–Crippen MR) is 33.6 cm³/mol. The lowest BCUT2D eigenvalue weighted by molar-refractivity contribution is -0.157. The molecule has 1 aromatic rings. The molecule has 0 bridgehead atoms. The van der Waals surface area contributed by atoms with Crippen LogP contribution in [0.15, 0.2) is 4.42 Å². The van der Waals surface area contributed by atoms with Gasteiger partial charge in [-0.2, -0.15) is 13.2 Å². The summed E-state index contributed by atoms with van der Waals surface area (Å²) in [6.07, 6.45) is -4.60. The van der Waals surface area contributed by atoms with Crippen molar-refractivity contribution in [1.29, 1.82) is 0 Å². The van der Waals surface area contributed by atoms with Gasteiger partial charge in [0.05, 0.1) is 0 Å². The lowest BCUT2D eigenvalue weighted by Gasteiger charge is -1.97. The minimum absolute atomic E-state index is 0.232. The number of hydrogen-bond donors (Lipinski definition) is 0. The smallest absolute Gasteiger partial charge is 0.416 e. The number of hydrogen-bond acceptors (Lipinski definition) is 3. The van der Waals surface area contributed by atoms with Gasteiger partial charge in [-0.15, -0.1) is 21.8 Å². The summed E-state index contributed by atoms with van der Waals surface area (Å²) in [5.41, 5.74) is 0. The Labute approximate surface area is 70.5 Å². The number of rotatable bonds is 1. The molecule has 0 saturated carbocycles. The molecule has 0 N–H and O–H groups in total. The number of aromatic nitrogens is 2. The summed E-state index contributed by atoms with van der Waals surface area (Å²) in [5, 5.41) is 5.18. The van der Waals surface area contributed by atoms with E-state index in [4.69, 9.17) is 11.6 Å². The summed E-state index contributed by atoms with van der Waals surface area (Å²) in [6.45, 7) is 1.44. The third-order valence-electron chi connectivity index (χ3n) is 1.02. The highest BCUT2D eigenvalue weighted by atomic mass is 35.5. The molecule has 12 heavy (non-hydrogen) atoms. The molecular weight excluding hydrogens is 197 g/mol. The van der Waals surface area contributed by atoms with E-state index in [0.29, 0.717) is 0 Å². The fourth-order valence-electron chi connectivity index (χ4n) is 0.510. The maximum Gasteiger partial charge on any atom is 0.470 e. The Morgan fingerprint density at radius 3 is 2.25 bits per heavy atom. The first kappa shape index (κ1) is 9.31. The molecule has 0 radical (unpaired) electrons. The summed E-state index contributed by atoms with van der Waals surface area (Å²) in [7, 11) is 0. The van der Waals surface area contributed by atoms with Gasteiger partial charge in [0.1, 0.15) is 5.38 Å². The van der Waals surface area contributed by atoms with Gasteiger partial charge in [0.25, 0.3) is 0 Å². The van der Waals surface area contributed by atoms with Crippen molar-refractivity contribution in [1.82, 2.24) is 10.2 Å². The van der Waals surface area contributed by atoms with E-state index >= 15 is 0 Å². The van der Waals surface area contributed by atoms with Crippen molar-refractivity contribution in [3.05, 3.63) is 11.8 Å². The SMILES string of the molecule is C[C@H](Cl)c1nnc(C(F)(F)F)o1. The topological polar surface area (TPSA) is 38.9 Å². The molecule has 3 nitrogen and oxygen atoms in total. The highest BCUT2D eigenvalue weighted by Crippen LogP contribution is 2.29. The van der Waals surface area contributed by atoms with Crippen molar-refractivity contribution >= 4 is 11.6 Å². The number of nitrogens with zero attached hydrogens (tertiary/aromatic N) is 2. The van der Waals surface area contributed by atoms with Crippen LogP contribution in [0.3, 0.4) is 0 Å². The normalized spacial score (nSPS) is 14.8. The van der Waals surface area contributed by atoms with Gasteiger partial charge < -0.3 is 4.42 Å². The molecule has 1 atom stereocenters. The zero-order valence-electron chi connectivity index (χ0n) is 5.89. The van der Waals surface area contributed by atoms with E-state index < -0.39 is 17.4 Å². The largest absolute Gasteiger partial charge is 0.470 e. The lowest BCUT2D eigenvalue weighted by Crippen LogP contribution is -2.04. The van der Waals surface area contributed by atoms with Gasteiger partial charge in [-0.3, -0.25) is 0 Å². The Balaban J connectivity index is 2.92. The Kier molecular flexibility index (Phi) is 2.27. The van der Waals surface area contributed by atoms with Crippen molar-refractivity contribution in [3.63, 3.8) is 0 Å². The average molecular weight is 201 g/mol. The first-order valence-electron chi connectivity index (χ1n) is 2.96. The van der Waals surface area contributed by atoms with E-state index in [1.807, 2.05) is 0 Å². The van der Waals surface area contributed by atoms with E-state index in [9.17, 15) is 13.2 Å². The molecule has 1 aromatic heterocycles. The van der Waals surface area contributed by atoms with E-state index in [1.165, 1.54) is 6.92 Å². The second kappa shape index (κ2) is 2.93. The van der Waals surface area contributed by atoms with Gasteiger partial charge in [-0.05, 0) is 6.92 Å². The molecule has 7 heteroatoms. The van der Waals surface area contributed by atoms with E-state index in [2.05, 4.69) is 14.6 Å². The standard InChI is InChI=1S/C5H4ClF3N2O/c1-2(6)3-10-11-4(12-3)5(7,8)9/h2H,1H3/t2-/m0/s1. The van der Waals surface area contributed by atoms with E-state index in [0.717, 1.165) is 0 Å². The molecule has 1 heterocycles. The number of alkyl halides is 4. The molecule has 1 rings (SSSR count). The second-order valence-corrected chi connectivity index (χ2v) is 2.71. The summed E-state index contributed by atoms with van der Waals surface area (Å²) >= 11 is 5.40. The summed E-state index contributed by atoms with van der Waals surface area (Å²) in [6, 6.07) is 0. The van der Waals surface area contributed by atoms with Gasteiger partial charge in [0.15, 0.2) is 0 Å². The molecule has 68 valence electrons. The van der Waals surface area contributed by atoms with Crippen LogP contribution in [0.2, 0.25) is 0 Å². The average Bonchev–Trinajstić information content (AvgIpc) is 2.30. The van der Waals surface area contributed by atoms with Crippen LogP contribution in [0.25, 0.3) is 0 Å². The first-order chi connectivity index (χ1) is 5.41. The van der Waals surface area contributed by atoms with Crippen molar-refractivity contribution in [3.8, 4) is 0 Å². The molecule has 0 spiro atoms. The summed E-state index contributed by atoms with van der Waals surface area (Å²) < 4.78 is 39.7. The van der Waals surface area contributed by atoms with Crippen molar-refractivity contribution in [2.75, 3.05) is 0 Å². The Bertz CT molecular complexity index is 270. The van der Waals surface area contributed by atoms with Gasteiger partial charge in [-0.25, -0.2) is 0 Å². The molecule has 0 unspecified atom stereocenters. The van der Waals surface area contributed by atoms with Gasteiger partial charge in [-0.1, -0.05) is 0 Å². The summed E-state index contributed by atoms with van der Waals surface area (Å²) in [5.74, 6) is -1.60. The van der Waals surface area contributed by atoms with E-state index in [-0.39, 0.29) is 5.89 Å². The van der Waals surface area contributed by atoms with Crippen LogP contribution in [-0.4, -0.2) is 10.2 Å². The highest BCUT2D eigenvalue weighted by molar-refractivity contribution is 6.20. The van der Waals surface area contributed by atoms with Crippen LogP contribution in [-0.2, 0) is 6.18 Å². The van der Waals surface area contributed by atoms with Crippen LogP contribution in [0.4, 0.5) is 13.2 Å². The zero-order chi connectivity index (χ0) is 9.35. The fourth-order valence-corrected chi connectivity index (χ4v) is 0.598. The van der Waals surface area contributed by atoms with Crippen LogP contribution in [0.5, 0.6) is 0 Å². The third kappa shape index (κ3) is 1.88. The third-order valence-corrected chi connectivity index (χ3v) is 1.21. The molecule has 0 aromatic carbocycles. The van der Waals surface area contributed by atoms with Crippen molar-refractivity contribution in [2.24, 2.45) is 0 Å². The Morgan fingerprint density at radius 2 is 2.00 bits per heavy atom. The maximum absolute atomic E-state index is 11.8. The van der Waals surface area contributed by atoms with E-state index in [1.54, 1.807) is 0 Å². The van der Waals surface area contributed by atoms with Crippen molar-refractivity contribution < 1.29 is 17.6 Å². The zero-order valence-corrected chi connectivity index (χ0v) is 6.65. The van der Waals surface area contributed by atoms with Gasteiger partial charge in [0, 0.05) is 0 Å². The number of halogens is 4. The second-order valence-electron chi connectivity index (χ2n) is 2.06. The molecular formula is C5H4ClF3N2O.